The third kappa shape index (κ3) is 2.41. The molecular formula is C11H19N5. The van der Waals surface area contributed by atoms with Crippen LogP contribution in [-0.4, -0.2) is 48.1 Å². The fourth-order valence-electron chi connectivity index (χ4n) is 2.21. The quantitative estimate of drug-likeness (QED) is 0.809. The Balaban J connectivity index is 2.13. The standard InChI is InChI=1S/C11H19N5/c1-15(2)8-9-4-3-7-16(9)11-13-6-5-10(12)14-11/h5-6,9H,3-4,7-8H2,1-2H3,(H2,12,13,14). The molecule has 1 aliphatic rings. The molecule has 2 heterocycles. The Kier molecular flexibility index (Phi) is 3.24. The van der Waals surface area contributed by atoms with Crippen molar-refractivity contribution in [2.24, 2.45) is 0 Å². The summed E-state index contributed by atoms with van der Waals surface area (Å²) < 4.78 is 0. The Morgan fingerprint density at radius 1 is 1.56 bits per heavy atom. The Morgan fingerprint density at radius 2 is 2.38 bits per heavy atom. The lowest BCUT2D eigenvalue weighted by Crippen LogP contribution is -2.38. The summed E-state index contributed by atoms with van der Waals surface area (Å²) in [4.78, 5) is 13.0. The first-order valence-electron chi connectivity index (χ1n) is 5.66. The van der Waals surface area contributed by atoms with Crippen LogP contribution in [0.25, 0.3) is 0 Å². The number of aromatic nitrogens is 2. The van der Waals surface area contributed by atoms with E-state index >= 15 is 0 Å². The zero-order chi connectivity index (χ0) is 11.5. The highest BCUT2D eigenvalue weighted by Gasteiger charge is 2.26. The second-order valence-corrected chi connectivity index (χ2v) is 4.53. The molecule has 1 aliphatic heterocycles. The molecule has 0 radical (unpaired) electrons. The van der Waals surface area contributed by atoms with Gasteiger partial charge >= 0.3 is 0 Å². The summed E-state index contributed by atoms with van der Waals surface area (Å²) in [6.45, 7) is 2.07. The van der Waals surface area contributed by atoms with Crippen LogP contribution < -0.4 is 10.6 Å². The van der Waals surface area contributed by atoms with Crippen LogP contribution in [0.3, 0.4) is 0 Å². The maximum absolute atomic E-state index is 5.68. The molecule has 2 rings (SSSR count). The molecule has 88 valence electrons. The highest BCUT2D eigenvalue weighted by atomic mass is 15.3. The number of nitrogens with two attached hydrogens (primary N) is 1. The molecule has 0 amide bonds. The Labute approximate surface area is 96.3 Å². The summed E-state index contributed by atoms with van der Waals surface area (Å²) in [5.74, 6) is 1.31. The van der Waals surface area contributed by atoms with Gasteiger partial charge in [0.15, 0.2) is 0 Å². The SMILES string of the molecule is CN(C)CC1CCCN1c1nccc(N)n1. The summed E-state index contributed by atoms with van der Waals surface area (Å²) >= 11 is 0. The van der Waals surface area contributed by atoms with Crippen LogP contribution in [0, 0.1) is 0 Å². The number of likely N-dealkylation sites (N-methyl/N-ethyl adjacent to an activating group) is 1. The minimum Gasteiger partial charge on any atom is -0.384 e. The van der Waals surface area contributed by atoms with E-state index in [9.17, 15) is 0 Å². The molecule has 1 aromatic heterocycles. The van der Waals surface area contributed by atoms with E-state index < -0.39 is 0 Å². The minimum absolute atomic E-state index is 0.511. The molecule has 1 atom stereocenters. The molecule has 0 aliphatic carbocycles. The number of rotatable bonds is 3. The third-order valence-corrected chi connectivity index (χ3v) is 2.87. The van der Waals surface area contributed by atoms with Crippen molar-refractivity contribution in [3.8, 4) is 0 Å². The Bertz CT molecular complexity index is 352. The van der Waals surface area contributed by atoms with Crippen molar-refractivity contribution in [1.82, 2.24) is 14.9 Å². The molecule has 0 bridgehead atoms. The number of nitrogens with zero attached hydrogens (tertiary/aromatic N) is 4. The fourth-order valence-corrected chi connectivity index (χ4v) is 2.21. The zero-order valence-corrected chi connectivity index (χ0v) is 9.93. The van der Waals surface area contributed by atoms with Crippen molar-refractivity contribution >= 4 is 11.8 Å². The maximum atomic E-state index is 5.68. The van der Waals surface area contributed by atoms with Gasteiger partial charge in [0.2, 0.25) is 5.95 Å². The fraction of sp³-hybridized carbons (Fsp3) is 0.636. The molecule has 1 fully saturated rings. The van der Waals surface area contributed by atoms with E-state index in [0.29, 0.717) is 11.9 Å². The van der Waals surface area contributed by atoms with E-state index in [-0.39, 0.29) is 0 Å². The molecule has 5 nitrogen and oxygen atoms in total. The molecule has 0 spiro atoms. The minimum atomic E-state index is 0.511. The molecule has 16 heavy (non-hydrogen) atoms. The number of nitrogen functional groups attached to an aromatic ring is 1. The van der Waals surface area contributed by atoms with Crippen molar-refractivity contribution in [2.75, 3.05) is 37.8 Å². The first-order chi connectivity index (χ1) is 7.66. The summed E-state index contributed by atoms with van der Waals surface area (Å²) in [5, 5.41) is 0. The number of hydrogen-bond donors (Lipinski definition) is 1. The second kappa shape index (κ2) is 4.65. The summed E-state index contributed by atoms with van der Waals surface area (Å²) in [7, 11) is 4.19. The lowest BCUT2D eigenvalue weighted by molar-refractivity contribution is 0.371. The van der Waals surface area contributed by atoms with Gasteiger partial charge in [-0.1, -0.05) is 0 Å². The van der Waals surface area contributed by atoms with Gasteiger partial charge in [0.25, 0.3) is 0 Å². The van der Waals surface area contributed by atoms with Gasteiger partial charge in [-0.3, -0.25) is 0 Å². The van der Waals surface area contributed by atoms with Crippen LogP contribution in [0.1, 0.15) is 12.8 Å². The van der Waals surface area contributed by atoms with E-state index in [1.165, 1.54) is 12.8 Å². The lowest BCUT2D eigenvalue weighted by Gasteiger charge is -2.27. The predicted molar refractivity (Wildman–Crippen MR) is 65.4 cm³/mol. The van der Waals surface area contributed by atoms with E-state index in [0.717, 1.165) is 19.0 Å². The van der Waals surface area contributed by atoms with Gasteiger partial charge in [-0.2, -0.15) is 4.98 Å². The van der Waals surface area contributed by atoms with E-state index in [2.05, 4.69) is 33.9 Å². The first kappa shape index (κ1) is 11.1. The van der Waals surface area contributed by atoms with Gasteiger partial charge < -0.3 is 15.5 Å². The van der Waals surface area contributed by atoms with Gasteiger partial charge in [-0.05, 0) is 33.0 Å². The summed E-state index contributed by atoms with van der Waals surface area (Å²) in [6, 6.07) is 2.23. The summed E-state index contributed by atoms with van der Waals surface area (Å²) in [5.41, 5.74) is 5.68. The van der Waals surface area contributed by atoms with Crippen LogP contribution in [-0.2, 0) is 0 Å². The van der Waals surface area contributed by atoms with Crippen LogP contribution >= 0.6 is 0 Å². The van der Waals surface area contributed by atoms with Gasteiger partial charge in [0.05, 0.1) is 0 Å². The zero-order valence-electron chi connectivity index (χ0n) is 9.93. The van der Waals surface area contributed by atoms with Crippen molar-refractivity contribution in [3.05, 3.63) is 12.3 Å². The molecule has 2 N–H and O–H groups in total. The van der Waals surface area contributed by atoms with Gasteiger partial charge in [-0.25, -0.2) is 4.98 Å². The van der Waals surface area contributed by atoms with Gasteiger partial charge in [0, 0.05) is 25.3 Å². The largest absolute Gasteiger partial charge is 0.384 e. The van der Waals surface area contributed by atoms with Crippen LogP contribution in [0.5, 0.6) is 0 Å². The second-order valence-electron chi connectivity index (χ2n) is 4.53. The highest BCUT2D eigenvalue weighted by molar-refractivity contribution is 5.39. The molecule has 1 aromatic rings. The van der Waals surface area contributed by atoms with E-state index in [1.54, 1.807) is 12.3 Å². The highest BCUT2D eigenvalue weighted by Crippen LogP contribution is 2.22. The average Bonchev–Trinajstić information content (AvgIpc) is 2.65. The van der Waals surface area contributed by atoms with Crippen LogP contribution in [0.2, 0.25) is 0 Å². The van der Waals surface area contributed by atoms with Crippen molar-refractivity contribution in [1.29, 1.82) is 0 Å². The maximum Gasteiger partial charge on any atom is 0.227 e. The monoisotopic (exact) mass is 221 g/mol. The van der Waals surface area contributed by atoms with Gasteiger partial charge in [0.1, 0.15) is 5.82 Å². The molecule has 1 saturated heterocycles. The van der Waals surface area contributed by atoms with Gasteiger partial charge in [-0.15, -0.1) is 0 Å². The molecule has 0 saturated carbocycles. The predicted octanol–water partition coefficient (Wildman–Crippen LogP) is 0.589. The van der Waals surface area contributed by atoms with E-state index in [4.69, 9.17) is 5.73 Å². The number of anilines is 2. The van der Waals surface area contributed by atoms with Crippen molar-refractivity contribution in [3.63, 3.8) is 0 Å². The Morgan fingerprint density at radius 3 is 3.06 bits per heavy atom. The molecule has 0 aromatic carbocycles. The van der Waals surface area contributed by atoms with Crippen LogP contribution in [0.4, 0.5) is 11.8 Å². The lowest BCUT2D eigenvalue weighted by atomic mass is 10.2. The Hall–Kier alpha value is -1.36. The van der Waals surface area contributed by atoms with Crippen molar-refractivity contribution in [2.45, 2.75) is 18.9 Å². The summed E-state index contributed by atoms with van der Waals surface area (Å²) in [6.07, 6.45) is 4.13. The smallest absolute Gasteiger partial charge is 0.227 e. The normalized spacial score (nSPS) is 20.7. The third-order valence-electron chi connectivity index (χ3n) is 2.87. The van der Waals surface area contributed by atoms with Crippen LogP contribution in [0.15, 0.2) is 12.3 Å². The molecule has 1 unspecified atom stereocenters. The molecule has 5 heteroatoms. The first-order valence-corrected chi connectivity index (χ1v) is 5.66. The average molecular weight is 221 g/mol. The van der Waals surface area contributed by atoms with Crippen molar-refractivity contribution < 1.29 is 0 Å². The van der Waals surface area contributed by atoms with E-state index in [1.807, 2.05) is 0 Å². The number of hydrogen-bond acceptors (Lipinski definition) is 5. The topological polar surface area (TPSA) is 58.3 Å². The molecular weight excluding hydrogens is 202 g/mol.